The summed E-state index contributed by atoms with van der Waals surface area (Å²) >= 11 is 0. The lowest BCUT2D eigenvalue weighted by Gasteiger charge is -2.32. The summed E-state index contributed by atoms with van der Waals surface area (Å²) in [6.45, 7) is 10.8. The molecule has 0 aliphatic carbocycles. The van der Waals surface area contributed by atoms with Crippen molar-refractivity contribution >= 4 is 24.3 Å². The van der Waals surface area contributed by atoms with Crippen LogP contribution >= 0.6 is 0 Å². The third-order valence-electron chi connectivity index (χ3n) is 4.49. The highest BCUT2D eigenvalue weighted by Gasteiger charge is 2.52. The molecular weight excluding hydrogens is 295 g/mol. The number of rotatable bonds is 4. The smallest absolute Gasteiger partial charge is 0.461 e. The molecule has 1 saturated heterocycles. The molecule has 124 valence electrons. The number of hydrogen-bond donors (Lipinski definition) is 0. The van der Waals surface area contributed by atoms with Gasteiger partial charge in [0.05, 0.1) is 11.2 Å². The molecule has 0 aromatic heterocycles. The zero-order chi connectivity index (χ0) is 17.4. The summed E-state index contributed by atoms with van der Waals surface area (Å²) in [5.41, 5.74) is 1.12. The third kappa shape index (κ3) is 3.64. The number of esters is 1. The van der Waals surface area contributed by atoms with E-state index in [-0.39, 0.29) is 18.4 Å². The van der Waals surface area contributed by atoms with Crippen LogP contribution in [0.4, 0.5) is 0 Å². The van der Waals surface area contributed by atoms with Gasteiger partial charge < -0.3 is 14.0 Å². The number of carbonyl (C=O) groups excluding carboxylic acids is 2. The zero-order valence-electron chi connectivity index (χ0n) is 14.6. The van der Waals surface area contributed by atoms with E-state index in [1.54, 1.807) is 18.2 Å². The van der Waals surface area contributed by atoms with Gasteiger partial charge in [-0.1, -0.05) is 12.1 Å². The van der Waals surface area contributed by atoms with Crippen LogP contribution in [0, 0.1) is 0 Å². The normalized spacial score (nSPS) is 18.8. The van der Waals surface area contributed by atoms with Crippen molar-refractivity contribution in [2.45, 2.75) is 59.4 Å². The van der Waals surface area contributed by atoms with E-state index >= 15 is 0 Å². The Morgan fingerprint density at radius 2 is 1.65 bits per heavy atom. The van der Waals surface area contributed by atoms with Crippen LogP contribution in [0.25, 0.3) is 0 Å². The highest BCUT2D eigenvalue weighted by Crippen LogP contribution is 2.36. The lowest BCUT2D eigenvalue weighted by molar-refractivity contribution is -0.142. The molecule has 23 heavy (non-hydrogen) atoms. The van der Waals surface area contributed by atoms with Crippen molar-refractivity contribution in [2.75, 3.05) is 0 Å². The minimum absolute atomic E-state index is 0.0467. The molecule has 1 aliphatic rings. The van der Waals surface area contributed by atoms with Crippen LogP contribution in [0.5, 0.6) is 0 Å². The highest BCUT2D eigenvalue weighted by atomic mass is 16.7. The van der Waals surface area contributed by atoms with Crippen LogP contribution in [0.15, 0.2) is 18.2 Å². The summed E-state index contributed by atoms with van der Waals surface area (Å²) in [6, 6.07) is 5.27. The number of carbonyl (C=O) groups is 2. The molecule has 0 saturated carbocycles. The van der Waals surface area contributed by atoms with E-state index in [1.807, 2.05) is 27.7 Å². The SMILES string of the molecule is CC(=O)OCc1cc(C(C)=O)ccc1B1OC(C)(C)C(C)(C)O1. The van der Waals surface area contributed by atoms with Gasteiger partial charge in [-0.05, 0) is 51.7 Å². The molecule has 5 nitrogen and oxygen atoms in total. The van der Waals surface area contributed by atoms with E-state index in [4.69, 9.17) is 14.0 Å². The van der Waals surface area contributed by atoms with Crippen LogP contribution in [0.2, 0.25) is 0 Å². The molecule has 1 heterocycles. The number of ketones is 1. The summed E-state index contributed by atoms with van der Waals surface area (Å²) in [5, 5.41) is 0. The van der Waals surface area contributed by atoms with E-state index in [0.717, 1.165) is 5.46 Å². The molecule has 1 aromatic rings. The number of benzene rings is 1. The maximum Gasteiger partial charge on any atom is 0.495 e. The van der Waals surface area contributed by atoms with Crippen molar-refractivity contribution in [3.8, 4) is 0 Å². The molecule has 0 N–H and O–H groups in total. The molecule has 0 bridgehead atoms. The lowest BCUT2D eigenvalue weighted by Crippen LogP contribution is -2.41. The number of ether oxygens (including phenoxy) is 1. The summed E-state index contributed by atoms with van der Waals surface area (Å²) in [5.74, 6) is -0.423. The molecular formula is C17H23BO5. The number of Topliss-reactive ketones (excluding diaryl/α,β-unsaturated/α-hetero) is 1. The summed E-state index contributed by atoms with van der Waals surface area (Å²) in [7, 11) is -0.563. The Hall–Kier alpha value is -1.66. The second kappa shape index (κ2) is 6.09. The van der Waals surface area contributed by atoms with Gasteiger partial charge in [-0.3, -0.25) is 9.59 Å². The minimum Gasteiger partial charge on any atom is -0.461 e. The first-order chi connectivity index (χ1) is 10.5. The quantitative estimate of drug-likeness (QED) is 0.484. The molecule has 1 aromatic carbocycles. The zero-order valence-corrected chi connectivity index (χ0v) is 14.6. The predicted octanol–water partition coefficient (Wildman–Crippen LogP) is 2.25. The monoisotopic (exact) mass is 318 g/mol. The van der Waals surface area contributed by atoms with Gasteiger partial charge in [-0.15, -0.1) is 0 Å². The predicted molar refractivity (Wildman–Crippen MR) is 87.6 cm³/mol. The topological polar surface area (TPSA) is 61.8 Å². The van der Waals surface area contributed by atoms with Crippen molar-refractivity contribution in [1.29, 1.82) is 0 Å². The molecule has 0 radical (unpaired) electrons. The van der Waals surface area contributed by atoms with E-state index < -0.39 is 18.3 Å². The Morgan fingerprint density at radius 1 is 1.09 bits per heavy atom. The van der Waals surface area contributed by atoms with Crippen molar-refractivity contribution in [1.82, 2.24) is 0 Å². The van der Waals surface area contributed by atoms with Crippen LogP contribution in [-0.2, 0) is 25.4 Å². The van der Waals surface area contributed by atoms with Crippen LogP contribution in [0.1, 0.15) is 57.5 Å². The first-order valence-corrected chi connectivity index (χ1v) is 7.66. The largest absolute Gasteiger partial charge is 0.495 e. The van der Waals surface area contributed by atoms with Gasteiger partial charge in [0.2, 0.25) is 0 Å². The summed E-state index contributed by atoms with van der Waals surface area (Å²) < 4.78 is 17.2. The second-order valence-corrected chi connectivity index (χ2v) is 6.84. The molecule has 1 fully saturated rings. The Labute approximate surface area is 137 Å². The first-order valence-electron chi connectivity index (χ1n) is 7.66. The lowest BCUT2D eigenvalue weighted by atomic mass is 9.75. The van der Waals surface area contributed by atoms with Crippen LogP contribution < -0.4 is 5.46 Å². The fourth-order valence-electron chi connectivity index (χ4n) is 2.33. The van der Waals surface area contributed by atoms with Gasteiger partial charge in [0.15, 0.2) is 5.78 Å². The Morgan fingerprint density at radius 3 is 2.13 bits per heavy atom. The van der Waals surface area contributed by atoms with Gasteiger partial charge >= 0.3 is 13.1 Å². The molecule has 2 rings (SSSR count). The second-order valence-electron chi connectivity index (χ2n) is 6.84. The van der Waals surface area contributed by atoms with Gasteiger partial charge in [-0.25, -0.2) is 0 Å². The van der Waals surface area contributed by atoms with Crippen LogP contribution in [0.3, 0.4) is 0 Å². The fourth-order valence-corrected chi connectivity index (χ4v) is 2.33. The summed E-state index contributed by atoms with van der Waals surface area (Å²) in [4.78, 5) is 22.7. The third-order valence-corrected chi connectivity index (χ3v) is 4.49. The Bertz CT molecular complexity index is 620. The number of hydrogen-bond acceptors (Lipinski definition) is 5. The molecule has 0 unspecified atom stereocenters. The minimum atomic E-state index is -0.563. The first kappa shape index (κ1) is 17.7. The van der Waals surface area contributed by atoms with E-state index in [1.165, 1.54) is 13.8 Å². The molecule has 0 spiro atoms. The van der Waals surface area contributed by atoms with Crippen molar-refractivity contribution in [3.63, 3.8) is 0 Å². The molecule has 0 atom stereocenters. The average Bonchev–Trinajstić information content (AvgIpc) is 2.64. The summed E-state index contributed by atoms with van der Waals surface area (Å²) in [6.07, 6.45) is 0. The van der Waals surface area contributed by atoms with Crippen molar-refractivity contribution < 1.29 is 23.6 Å². The Kier molecular flexibility index (Phi) is 4.69. The van der Waals surface area contributed by atoms with Crippen LogP contribution in [-0.4, -0.2) is 30.1 Å². The molecule has 6 heteroatoms. The van der Waals surface area contributed by atoms with E-state index in [9.17, 15) is 9.59 Å². The van der Waals surface area contributed by atoms with Crippen molar-refractivity contribution in [3.05, 3.63) is 29.3 Å². The molecule has 1 aliphatic heterocycles. The van der Waals surface area contributed by atoms with Gasteiger partial charge in [-0.2, -0.15) is 0 Å². The fraction of sp³-hybridized carbons (Fsp3) is 0.529. The van der Waals surface area contributed by atoms with Gasteiger partial charge in [0.1, 0.15) is 6.61 Å². The standard InChI is InChI=1S/C17H23BO5/c1-11(19)13-7-8-15(14(9-13)10-21-12(2)20)18-22-16(3,4)17(5,6)23-18/h7-9H,10H2,1-6H3. The maximum absolute atomic E-state index is 11.6. The van der Waals surface area contributed by atoms with Gasteiger partial charge in [0, 0.05) is 12.5 Å². The molecule has 0 amide bonds. The van der Waals surface area contributed by atoms with E-state index in [0.29, 0.717) is 11.1 Å². The maximum atomic E-state index is 11.6. The highest BCUT2D eigenvalue weighted by molar-refractivity contribution is 6.62. The van der Waals surface area contributed by atoms with E-state index in [2.05, 4.69) is 0 Å². The van der Waals surface area contributed by atoms with Crippen molar-refractivity contribution in [2.24, 2.45) is 0 Å². The Balaban J connectivity index is 2.37. The average molecular weight is 318 g/mol. The van der Waals surface area contributed by atoms with Gasteiger partial charge in [0.25, 0.3) is 0 Å².